The number of anilines is 1. The number of nitro groups is 1. The van der Waals surface area contributed by atoms with E-state index in [1.165, 1.54) is 26.1 Å². The molecule has 0 aliphatic rings. The monoisotopic (exact) mass is 414 g/mol. The van der Waals surface area contributed by atoms with Crippen molar-refractivity contribution in [3.63, 3.8) is 0 Å². The van der Waals surface area contributed by atoms with Gasteiger partial charge in [0.1, 0.15) is 0 Å². The molecule has 30 heavy (non-hydrogen) atoms. The van der Waals surface area contributed by atoms with Gasteiger partial charge in [-0.2, -0.15) is 9.49 Å². The molecule has 0 fully saturated rings. The third-order valence-corrected chi connectivity index (χ3v) is 4.21. The van der Waals surface area contributed by atoms with E-state index in [9.17, 15) is 28.9 Å². The van der Waals surface area contributed by atoms with Crippen molar-refractivity contribution in [1.82, 2.24) is 9.78 Å². The van der Waals surface area contributed by atoms with E-state index in [1.54, 1.807) is 12.1 Å². The number of aryl methyl sites for hydroxylation is 1. The SMILES string of the molecule is CC(OC(=O)c1nn(C)c(=O)c2ccccc12)C(=O)Nc1ccc(F)c([N+](=O)[O-])c1. The van der Waals surface area contributed by atoms with Gasteiger partial charge >= 0.3 is 11.7 Å². The van der Waals surface area contributed by atoms with Crippen molar-refractivity contribution in [3.05, 3.63) is 74.4 Å². The van der Waals surface area contributed by atoms with E-state index in [1.807, 2.05) is 0 Å². The molecule has 0 radical (unpaired) electrons. The third kappa shape index (κ3) is 3.99. The largest absolute Gasteiger partial charge is 0.448 e. The fraction of sp³-hybridized carbons (Fsp3) is 0.158. The molecule has 2 aromatic carbocycles. The minimum absolute atomic E-state index is 0.0401. The second-order valence-electron chi connectivity index (χ2n) is 6.28. The number of nitro benzene ring substituents is 1. The number of carbonyl (C=O) groups excluding carboxylic acids is 2. The maximum Gasteiger partial charge on any atom is 0.360 e. The van der Waals surface area contributed by atoms with E-state index in [0.717, 1.165) is 22.9 Å². The molecule has 0 aliphatic heterocycles. The standard InChI is InChI=1S/C19H15FN4O6/c1-10(17(25)21-11-7-8-14(20)15(9-11)24(28)29)30-19(27)16-12-5-3-4-6-13(12)18(26)23(2)22-16/h3-10H,1-2H3,(H,21,25). The van der Waals surface area contributed by atoms with E-state index < -0.39 is 40.0 Å². The van der Waals surface area contributed by atoms with Gasteiger partial charge in [-0.3, -0.25) is 19.7 Å². The normalized spacial score (nSPS) is 11.7. The first-order valence-electron chi connectivity index (χ1n) is 8.61. The maximum absolute atomic E-state index is 13.4. The number of amides is 1. The highest BCUT2D eigenvalue weighted by atomic mass is 19.1. The Morgan fingerprint density at radius 2 is 1.90 bits per heavy atom. The van der Waals surface area contributed by atoms with Crippen molar-refractivity contribution < 1.29 is 23.6 Å². The van der Waals surface area contributed by atoms with Gasteiger partial charge in [0.2, 0.25) is 5.82 Å². The van der Waals surface area contributed by atoms with E-state index in [2.05, 4.69) is 10.4 Å². The number of aromatic nitrogens is 2. The summed E-state index contributed by atoms with van der Waals surface area (Å²) in [6.45, 7) is 1.29. The first kappa shape index (κ1) is 20.6. The molecule has 11 heteroatoms. The molecule has 0 aliphatic carbocycles. The Bertz CT molecular complexity index is 1240. The molecule has 10 nitrogen and oxygen atoms in total. The van der Waals surface area contributed by atoms with Gasteiger partial charge < -0.3 is 10.1 Å². The molecule has 1 amide bonds. The summed E-state index contributed by atoms with van der Waals surface area (Å²) in [5, 5.41) is 17.6. The Hall–Kier alpha value is -4.15. The number of hydrogen-bond acceptors (Lipinski definition) is 7. The number of halogens is 1. The lowest BCUT2D eigenvalue weighted by Gasteiger charge is -2.14. The van der Waals surface area contributed by atoms with Crippen LogP contribution in [0.4, 0.5) is 15.8 Å². The van der Waals surface area contributed by atoms with Crippen LogP contribution in [0, 0.1) is 15.9 Å². The molecule has 0 saturated heterocycles. The van der Waals surface area contributed by atoms with Crippen molar-refractivity contribution >= 4 is 34.0 Å². The van der Waals surface area contributed by atoms with Crippen LogP contribution < -0.4 is 10.9 Å². The van der Waals surface area contributed by atoms with Gasteiger partial charge in [-0.1, -0.05) is 18.2 Å². The molecule has 0 bridgehead atoms. The van der Waals surface area contributed by atoms with Crippen LogP contribution in [-0.4, -0.2) is 32.7 Å². The number of nitrogens with one attached hydrogen (secondary N) is 1. The summed E-state index contributed by atoms with van der Waals surface area (Å²) in [5.74, 6) is -2.78. The Morgan fingerprint density at radius 3 is 2.57 bits per heavy atom. The molecule has 1 aromatic heterocycles. The minimum Gasteiger partial charge on any atom is -0.448 e. The zero-order chi connectivity index (χ0) is 22.0. The fourth-order valence-corrected chi connectivity index (χ4v) is 2.69. The smallest absolute Gasteiger partial charge is 0.360 e. The second kappa shape index (κ2) is 8.07. The lowest BCUT2D eigenvalue weighted by atomic mass is 10.1. The second-order valence-corrected chi connectivity index (χ2v) is 6.28. The lowest BCUT2D eigenvalue weighted by Crippen LogP contribution is -2.31. The Kier molecular flexibility index (Phi) is 5.54. The van der Waals surface area contributed by atoms with Gasteiger partial charge in [0.05, 0.1) is 10.3 Å². The molecular weight excluding hydrogens is 399 g/mol. The van der Waals surface area contributed by atoms with Gasteiger partial charge in [-0.05, 0) is 25.1 Å². The number of ether oxygens (including phenoxy) is 1. The highest BCUT2D eigenvalue weighted by Crippen LogP contribution is 2.22. The first-order chi connectivity index (χ1) is 14.2. The number of esters is 1. The lowest BCUT2D eigenvalue weighted by molar-refractivity contribution is -0.387. The van der Waals surface area contributed by atoms with Crippen molar-refractivity contribution in [2.24, 2.45) is 7.05 Å². The molecule has 154 valence electrons. The zero-order valence-corrected chi connectivity index (χ0v) is 15.8. The number of fused-ring (bicyclic) bond motifs is 1. The number of benzene rings is 2. The van der Waals surface area contributed by atoms with Crippen molar-refractivity contribution in [2.45, 2.75) is 13.0 Å². The molecule has 1 unspecified atom stereocenters. The van der Waals surface area contributed by atoms with E-state index in [0.29, 0.717) is 0 Å². The maximum atomic E-state index is 13.4. The first-order valence-corrected chi connectivity index (χ1v) is 8.61. The van der Waals surface area contributed by atoms with Crippen molar-refractivity contribution in [3.8, 4) is 0 Å². The Morgan fingerprint density at radius 1 is 1.23 bits per heavy atom. The number of hydrogen-bond donors (Lipinski definition) is 1. The average Bonchev–Trinajstić information content (AvgIpc) is 2.71. The Labute approximate surface area is 168 Å². The van der Waals surface area contributed by atoms with Gasteiger partial charge in [0.25, 0.3) is 11.5 Å². The van der Waals surface area contributed by atoms with Gasteiger partial charge in [0, 0.05) is 24.2 Å². The molecular formula is C19H15FN4O6. The van der Waals surface area contributed by atoms with Crippen LogP contribution in [0.2, 0.25) is 0 Å². The summed E-state index contributed by atoms with van der Waals surface area (Å²) in [6.07, 6.45) is -1.31. The van der Waals surface area contributed by atoms with Crippen LogP contribution in [0.1, 0.15) is 17.4 Å². The van der Waals surface area contributed by atoms with Crippen LogP contribution in [0.5, 0.6) is 0 Å². The van der Waals surface area contributed by atoms with Crippen LogP contribution in [0.3, 0.4) is 0 Å². The highest BCUT2D eigenvalue weighted by Gasteiger charge is 2.24. The summed E-state index contributed by atoms with van der Waals surface area (Å²) in [6, 6.07) is 9.15. The van der Waals surface area contributed by atoms with Gasteiger partial charge in [-0.15, -0.1) is 0 Å². The summed E-state index contributed by atoms with van der Waals surface area (Å²) >= 11 is 0. The molecule has 0 saturated carbocycles. The average molecular weight is 414 g/mol. The van der Waals surface area contributed by atoms with E-state index in [-0.39, 0.29) is 22.2 Å². The predicted octanol–water partition coefficient (Wildman–Crippen LogP) is 2.16. The summed E-state index contributed by atoms with van der Waals surface area (Å²) in [7, 11) is 1.38. The van der Waals surface area contributed by atoms with Crippen molar-refractivity contribution in [1.29, 1.82) is 0 Å². The quantitative estimate of drug-likeness (QED) is 0.384. The Balaban J connectivity index is 1.80. The van der Waals surface area contributed by atoms with Crippen molar-refractivity contribution in [2.75, 3.05) is 5.32 Å². The third-order valence-electron chi connectivity index (χ3n) is 4.21. The van der Waals surface area contributed by atoms with Crippen LogP contribution in [-0.2, 0) is 16.6 Å². The summed E-state index contributed by atoms with van der Waals surface area (Å²) in [4.78, 5) is 46.9. The topological polar surface area (TPSA) is 133 Å². The van der Waals surface area contributed by atoms with Gasteiger partial charge in [-0.25, -0.2) is 9.48 Å². The summed E-state index contributed by atoms with van der Waals surface area (Å²) in [5.41, 5.74) is -1.39. The van der Waals surface area contributed by atoms with E-state index >= 15 is 0 Å². The van der Waals surface area contributed by atoms with Crippen LogP contribution in [0.15, 0.2) is 47.3 Å². The molecule has 3 rings (SSSR count). The fourth-order valence-electron chi connectivity index (χ4n) is 2.69. The highest BCUT2D eigenvalue weighted by molar-refractivity contribution is 6.03. The number of rotatable bonds is 5. The molecule has 1 N–H and O–H groups in total. The number of nitrogens with zero attached hydrogens (tertiary/aromatic N) is 3. The molecule has 1 heterocycles. The number of carbonyl (C=O) groups is 2. The molecule has 0 spiro atoms. The predicted molar refractivity (Wildman–Crippen MR) is 104 cm³/mol. The molecule has 3 aromatic rings. The van der Waals surface area contributed by atoms with Crippen LogP contribution in [0.25, 0.3) is 10.8 Å². The zero-order valence-electron chi connectivity index (χ0n) is 15.8. The van der Waals surface area contributed by atoms with E-state index in [4.69, 9.17) is 4.74 Å². The van der Waals surface area contributed by atoms with Crippen LogP contribution >= 0.6 is 0 Å². The minimum atomic E-state index is -1.31. The summed E-state index contributed by atoms with van der Waals surface area (Å²) < 4.78 is 19.5. The van der Waals surface area contributed by atoms with Gasteiger partial charge in [0.15, 0.2) is 11.8 Å². The molecule has 1 atom stereocenters.